The number of nitrogens with zero attached hydrogens (tertiary/aromatic N) is 1. The van der Waals surface area contributed by atoms with Gasteiger partial charge in [0.2, 0.25) is 11.8 Å². The molecule has 0 saturated heterocycles. The molecule has 2 amide bonds. The zero-order valence-electron chi connectivity index (χ0n) is 13.8. The van der Waals surface area contributed by atoms with Crippen molar-refractivity contribution in [2.75, 3.05) is 11.4 Å². The lowest BCUT2D eigenvalue weighted by Crippen LogP contribution is -2.42. The Bertz CT molecular complexity index is 764. The van der Waals surface area contributed by atoms with E-state index in [1.165, 1.54) is 0 Å². The highest BCUT2D eigenvalue weighted by atomic mass is 35.5. The van der Waals surface area contributed by atoms with E-state index < -0.39 is 0 Å². The number of ether oxygens (including phenoxy) is 1. The molecule has 3 rings (SSSR count). The highest BCUT2D eigenvalue weighted by molar-refractivity contribution is 7.09. The summed E-state index contributed by atoms with van der Waals surface area (Å²) >= 11 is 7.63. The number of hydrogen-bond acceptors (Lipinski definition) is 4. The summed E-state index contributed by atoms with van der Waals surface area (Å²) in [5.41, 5.74) is 0.662. The molecule has 1 N–H and O–H groups in total. The number of carbonyl (C=O) groups is 2. The SMILES string of the molecule is C[C@H]1CN(C(=O)CCC(=O)NCc2cccs2)c2cc(Cl)ccc2O1. The Balaban J connectivity index is 1.58. The second-order valence-corrected chi connectivity index (χ2v) is 7.37. The van der Waals surface area contributed by atoms with E-state index in [1.54, 1.807) is 34.4 Å². The van der Waals surface area contributed by atoms with Gasteiger partial charge in [0.15, 0.2) is 0 Å². The van der Waals surface area contributed by atoms with Crippen LogP contribution in [-0.4, -0.2) is 24.5 Å². The van der Waals surface area contributed by atoms with Crippen molar-refractivity contribution in [1.82, 2.24) is 5.32 Å². The molecule has 0 radical (unpaired) electrons. The highest BCUT2D eigenvalue weighted by Crippen LogP contribution is 2.36. The van der Waals surface area contributed by atoms with E-state index in [4.69, 9.17) is 16.3 Å². The lowest BCUT2D eigenvalue weighted by atomic mass is 10.1. The van der Waals surface area contributed by atoms with Gasteiger partial charge in [-0.1, -0.05) is 17.7 Å². The third kappa shape index (κ3) is 4.52. The zero-order chi connectivity index (χ0) is 17.8. The Morgan fingerprint density at radius 1 is 1.36 bits per heavy atom. The van der Waals surface area contributed by atoms with Gasteiger partial charge in [-0.2, -0.15) is 0 Å². The third-order valence-corrected chi connectivity index (χ3v) is 5.00. The van der Waals surface area contributed by atoms with Gasteiger partial charge >= 0.3 is 0 Å². The maximum absolute atomic E-state index is 12.6. The second kappa shape index (κ2) is 7.89. The Morgan fingerprint density at radius 2 is 2.20 bits per heavy atom. The molecule has 0 saturated carbocycles. The average molecular weight is 379 g/mol. The van der Waals surface area contributed by atoms with Crippen molar-refractivity contribution in [3.63, 3.8) is 0 Å². The van der Waals surface area contributed by atoms with Gasteiger partial charge in [-0.05, 0) is 36.6 Å². The molecule has 2 aromatic rings. The van der Waals surface area contributed by atoms with E-state index >= 15 is 0 Å². The van der Waals surface area contributed by atoms with Crippen LogP contribution in [0.4, 0.5) is 5.69 Å². The van der Waals surface area contributed by atoms with Crippen molar-refractivity contribution in [3.8, 4) is 5.75 Å². The molecule has 1 aliphatic rings. The van der Waals surface area contributed by atoms with Crippen LogP contribution in [0.1, 0.15) is 24.6 Å². The number of thiophene rings is 1. The number of halogens is 1. The van der Waals surface area contributed by atoms with Crippen LogP contribution < -0.4 is 15.0 Å². The third-order valence-electron chi connectivity index (χ3n) is 3.89. The van der Waals surface area contributed by atoms with E-state index in [0.29, 0.717) is 29.5 Å². The van der Waals surface area contributed by atoms with Gasteiger partial charge in [0.05, 0.1) is 18.8 Å². The fourth-order valence-corrected chi connectivity index (χ4v) is 3.50. The van der Waals surface area contributed by atoms with Crippen LogP contribution in [0.25, 0.3) is 0 Å². The van der Waals surface area contributed by atoms with Gasteiger partial charge in [0.25, 0.3) is 0 Å². The van der Waals surface area contributed by atoms with Gasteiger partial charge in [-0.3, -0.25) is 9.59 Å². The molecule has 0 fully saturated rings. The summed E-state index contributed by atoms with van der Waals surface area (Å²) in [4.78, 5) is 27.3. The molecule has 1 aliphatic heterocycles. The topological polar surface area (TPSA) is 58.6 Å². The molecule has 1 aromatic carbocycles. The van der Waals surface area contributed by atoms with Crippen LogP contribution in [0, 0.1) is 0 Å². The lowest BCUT2D eigenvalue weighted by Gasteiger charge is -2.33. The maximum atomic E-state index is 12.6. The number of rotatable bonds is 5. The van der Waals surface area contributed by atoms with Gasteiger partial charge in [0.1, 0.15) is 11.9 Å². The first-order chi connectivity index (χ1) is 12.0. The van der Waals surface area contributed by atoms with Crippen LogP contribution in [0.15, 0.2) is 35.7 Å². The second-order valence-electron chi connectivity index (χ2n) is 5.90. The Morgan fingerprint density at radius 3 is 2.96 bits per heavy atom. The molecule has 0 bridgehead atoms. The number of benzene rings is 1. The number of hydrogen-bond donors (Lipinski definition) is 1. The van der Waals surface area contributed by atoms with Crippen molar-refractivity contribution >= 4 is 40.4 Å². The van der Waals surface area contributed by atoms with Gasteiger partial charge in [-0.15, -0.1) is 11.3 Å². The summed E-state index contributed by atoms with van der Waals surface area (Å²) in [7, 11) is 0. The normalized spacial score (nSPS) is 16.1. The van der Waals surface area contributed by atoms with E-state index in [2.05, 4.69) is 5.32 Å². The van der Waals surface area contributed by atoms with Crippen LogP contribution in [0.2, 0.25) is 5.02 Å². The minimum atomic E-state index is -0.130. The molecule has 1 atom stereocenters. The fourth-order valence-electron chi connectivity index (χ4n) is 2.69. The largest absolute Gasteiger partial charge is 0.487 e. The predicted molar refractivity (Wildman–Crippen MR) is 99.3 cm³/mol. The quantitative estimate of drug-likeness (QED) is 0.864. The van der Waals surface area contributed by atoms with Gasteiger partial charge in [0, 0.05) is 22.7 Å². The van der Waals surface area contributed by atoms with Crippen LogP contribution in [0.5, 0.6) is 5.75 Å². The Hall–Kier alpha value is -2.05. The summed E-state index contributed by atoms with van der Waals surface area (Å²) in [5, 5.41) is 5.35. The highest BCUT2D eigenvalue weighted by Gasteiger charge is 2.27. The molecule has 132 valence electrons. The lowest BCUT2D eigenvalue weighted by molar-refractivity contribution is -0.125. The van der Waals surface area contributed by atoms with Crippen molar-refractivity contribution in [3.05, 3.63) is 45.6 Å². The first kappa shape index (κ1) is 17.8. The predicted octanol–water partition coefficient (Wildman–Crippen LogP) is 3.61. The number of nitrogens with one attached hydrogen (secondary N) is 1. The Labute approximate surface area is 155 Å². The van der Waals surface area contributed by atoms with E-state index in [9.17, 15) is 9.59 Å². The fraction of sp³-hybridized carbons (Fsp3) is 0.333. The summed E-state index contributed by atoms with van der Waals surface area (Å²) in [6, 6.07) is 9.13. The summed E-state index contributed by atoms with van der Waals surface area (Å²) < 4.78 is 5.74. The van der Waals surface area contributed by atoms with Crippen molar-refractivity contribution in [2.45, 2.75) is 32.4 Å². The monoisotopic (exact) mass is 378 g/mol. The molecule has 5 nitrogen and oxygen atoms in total. The number of anilines is 1. The number of amides is 2. The maximum Gasteiger partial charge on any atom is 0.227 e. The Kier molecular flexibility index (Phi) is 5.60. The molecular formula is C18H19ClN2O3S. The van der Waals surface area contributed by atoms with E-state index in [-0.39, 0.29) is 30.8 Å². The van der Waals surface area contributed by atoms with Crippen LogP contribution in [0.3, 0.4) is 0 Å². The zero-order valence-corrected chi connectivity index (χ0v) is 15.4. The van der Waals surface area contributed by atoms with Crippen molar-refractivity contribution < 1.29 is 14.3 Å². The molecule has 7 heteroatoms. The standard InChI is InChI=1S/C18H19ClN2O3S/c1-12-11-21(15-9-13(19)4-5-16(15)24-12)18(23)7-6-17(22)20-10-14-3-2-8-25-14/h2-5,8-9,12H,6-7,10-11H2,1H3,(H,20,22)/t12-/m0/s1. The van der Waals surface area contributed by atoms with Crippen molar-refractivity contribution in [1.29, 1.82) is 0 Å². The smallest absolute Gasteiger partial charge is 0.227 e. The minimum absolute atomic E-state index is 0.106. The van der Waals surface area contributed by atoms with Gasteiger partial charge < -0.3 is 15.0 Å². The van der Waals surface area contributed by atoms with Crippen LogP contribution in [-0.2, 0) is 16.1 Å². The minimum Gasteiger partial charge on any atom is -0.487 e. The molecule has 0 aliphatic carbocycles. The molecule has 1 aromatic heterocycles. The molecule has 0 spiro atoms. The van der Waals surface area contributed by atoms with Crippen molar-refractivity contribution in [2.24, 2.45) is 0 Å². The first-order valence-electron chi connectivity index (χ1n) is 8.08. The molecule has 2 heterocycles. The van der Waals surface area contributed by atoms with Crippen LogP contribution >= 0.6 is 22.9 Å². The van der Waals surface area contributed by atoms with E-state index in [0.717, 1.165) is 4.88 Å². The summed E-state index contributed by atoms with van der Waals surface area (Å²) in [6.07, 6.45) is 0.200. The first-order valence-corrected chi connectivity index (χ1v) is 9.34. The average Bonchev–Trinajstić information content (AvgIpc) is 3.11. The van der Waals surface area contributed by atoms with E-state index in [1.807, 2.05) is 24.4 Å². The number of fused-ring (bicyclic) bond motifs is 1. The summed E-state index contributed by atoms with van der Waals surface area (Å²) in [6.45, 7) is 2.85. The van der Waals surface area contributed by atoms with Gasteiger partial charge in [-0.25, -0.2) is 0 Å². The number of carbonyl (C=O) groups excluding carboxylic acids is 2. The molecule has 25 heavy (non-hydrogen) atoms. The summed E-state index contributed by atoms with van der Waals surface area (Å²) in [5.74, 6) is 0.401. The molecular weight excluding hydrogens is 360 g/mol. The molecule has 0 unspecified atom stereocenters.